The molecule has 0 bridgehead atoms. The number of ether oxygens (including phenoxy) is 2. The van der Waals surface area contributed by atoms with Crippen LogP contribution >= 0.6 is 0 Å². The van der Waals surface area contributed by atoms with Crippen LogP contribution < -0.4 is 10.1 Å². The molecule has 0 radical (unpaired) electrons. The molecule has 1 atom stereocenters. The highest BCUT2D eigenvalue weighted by atomic mass is 16.6. The largest absolute Gasteiger partial charge is 0.488 e. The summed E-state index contributed by atoms with van der Waals surface area (Å²) in [5, 5.41) is 3.52. The smallest absolute Gasteiger partial charge is 0.410 e. The summed E-state index contributed by atoms with van der Waals surface area (Å²) >= 11 is 0. The third kappa shape index (κ3) is 4.46. The Morgan fingerprint density at radius 3 is 2.84 bits per heavy atom. The van der Waals surface area contributed by atoms with Crippen molar-refractivity contribution in [3.63, 3.8) is 0 Å². The summed E-state index contributed by atoms with van der Waals surface area (Å²) in [4.78, 5) is 14.1. The summed E-state index contributed by atoms with van der Waals surface area (Å²) in [5.41, 5.74) is 1.90. The monoisotopic (exact) mass is 346 g/mol. The lowest BCUT2D eigenvalue weighted by molar-refractivity contribution is 0.0194. The molecule has 138 valence electrons. The number of fused-ring (bicyclic) bond motifs is 1. The minimum Gasteiger partial charge on any atom is -0.488 e. The fourth-order valence-corrected chi connectivity index (χ4v) is 3.36. The number of hydrogen-bond acceptors (Lipinski definition) is 4. The van der Waals surface area contributed by atoms with Crippen LogP contribution in [0.5, 0.6) is 5.75 Å². The molecule has 5 heteroatoms. The van der Waals surface area contributed by atoms with E-state index in [0.717, 1.165) is 25.1 Å². The van der Waals surface area contributed by atoms with Crippen LogP contribution in [-0.4, -0.2) is 41.8 Å². The van der Waals surface area contributed by atoms with Gasteiger partial charge in [-0.3, -0.25) is 0 Å². The predicted octanol–water partition coefficient (Wildman–Crippen LogP) is 3.67. The van der Waals surface area contributed by atoms with Crippen molar-refractivity contribution < 1.29 is 14.3 Å². The zero-order valence-corrected chi connectivity index (χ0v) is 16.0. The van der Waals surface area contributed by atoms with E-state index in [-0.39, 0.29) is 17.7 Å². The Morgan fingerprint density at radius 1 is 1.36 bits per heavy atom. The second kappa shape index (κ2) is 6.52. The minimum atomic E-state index is -0.465. The Labute approximate surface area is 150 Å². The lowest BCUT2D eigenvalue weighted by Gasteiger charge is -2.36. The molecule has 2 aliphatic heterocycles. The molecule has 3 rings (SSSR count). The van der Waals surface area contributed by atoms with Gasteiger partial charge >= 0.3 is 6.09 Å². The Bertz CT molecular complexity index is 649. The molecule has 25 heavy (non-hydrogen) atoms. The molecule has 0 saturated carbocycles. The summed E-state index contributed by atoms with van der Waals surface area (Å²) in [6, 6.07) is 6.53. The van der Waals surface area contributed by atoms with Gasteiger partial charge in [0.2, 0.25) is 0 Å². The zero-order chi connectivity index (χ0) is 18.2. The molecule has 0 aromatic heterocycles. The van der Waals surface area contributed by atoms with Crippen LogP contribution in [0, 0.1) is 0 Å². The Balaban J connectivity index is 1.71. The first-order valence-corrected chi connectivity index (χ1v) is 9.16. The molecule has 2 heterocycles. The molecular formula is C20H30N2O3. The second-order valence-electron chi connectivity index (χ2n) is 8.66. The van der Waals surface area contributed by atoms with E-state index in [1.165, 1.54) is 11.1 Å². The average molecular weight is 346 g/mol. The van der Waals surface area contributed by atoms with Crippen molar-refractivity contribution in [3.8, 4) is 5.75 Å². The van der Waals surface area contributed by atoms with Gasteiger partial charge in [-0.15, -0.1) is 0 Å². The third-order valence-corrected chi connectivity index (χ3v) is 4.70. The van der Waals surface area contributed by atoms with Crippen LogP contribution in [0.25, 0.3) is 0 Å². The molecule has 1 amide bonds. The molecular weight excluding hydrogens is 316 g/mol. The first-order valence-electron chi connectivity index (χ1n) is 9.16. The fourth-order valence-electron chi connectivity index (χ4n) is 3.36. The van der Waals surface area contributed by atoms with E-state index >= 15 is 0 Å². The number of carbonyl (C=O) groups excluding carboxylic acids is 1. The maximum atomic E-state index is 12.4. The number of rotatable bonds is 1. The summed E-state index contributed by atoms with van der Waals surface area (Å²) < 4.78 is 11.6. The lowest BCUT2D eigenvalue weighted by Crippen LogP contribution is -2.49. The molecule has 1 unspecified atom stereocenters. The topological polar surface area (TPSA) is 50.8 Å². The van der Waals surface area contributed by atoms with E-state index in [4.69, 9.17) is 9.47 Å². The minimum absolute atomic E-state index is 0.0921. The van der Waals surface area contributed by atoms with Gasteiger partial charge in [-0.1, -0.05) is 12.1 Å². The number of nitrogens with one attached hydrogen (secondary N) is 1. The average Bonchev–Trinajstić information content (AvgIpc) is 2.52. The van der Waals surface area contributed by atoms with Crippen molar-refractivity contribution in [2.24, 2.45) is 0 Å². The molecule has 1 aromatic carbocycles. The van der Waals surface area contributed by atoms with Crippen LogP contribution in [-0.2, 0) is 11.2 Å². The summed E-state index contributed by atoms with van der Waals surface area (Å²) in [7, 11) is 0. The second-order valence-corrected chi connectivity index (χ2v) is 8.66. The van der Waals surface area contributed by atoms with Gasteiger partial charge < -0.3 is 19.7 Å². The fraction of sp³-hybridized carbons (Fsp3) is 0.650. The number of piperazine rings is 1. The van der Waals surface area contributed by atoms with E-state index in [2.05, 4.69) is 37.4 Å². The lowest BCUT2D eigenvalue weighted by atomic mass is 9.92. The SMILES string of the molecule is CC(C)(C)OC(=O)N1CCNC(c2ccc3c(c2)CCC(C)(C)O3)C1. The Hall–Kier alpha value is -1.75. The maximum absolute atomic E-state index is 12.4. The molecule has 0 spiro atoms. The number of hydrogen-bond donors (Lipinski definition) is 1. The number of benzene rings is 1. The first kappa shape index (κ1) is 18.1. The van der Waals surface area contributed by atoms with Crippen LogP contribution in [0.3, 0.4) is 0 Å². The van der Waals surface area contributed by atoms with Crippen molar-refractivity contribution in [1.29, 1.82) is 0 Å². The number of amides is 1. The standard InChI is InChI=1S/C20H30N2O3/c1-19(2,3)25-18(23)22-11-10-21-16(13-22)14-6-7-17-15(12-14)8-9-20(4,5)24-17/h6-7,12,16,21H,8-11,13H2,1-5H3. The van der Waals surface area contributed by atoms with Gasteiger partial charge in [0.05, 0.1) is 6.04 Å². The van der Waals surface area contributed by atoms with Gasteiger partial charge in [-0.05, 0) is 64.7 Å². The third-order valence-electron chi connectivity index (χ3n) is 4.70. The van der Waals surface area contributed by atoms with Crippen LogP contribution in [0.4, 0.5) is 4.79 Å². The van der Waals surface area contributed by atoms with Gasteiger partial charge in [0.15, 0.2) is 0 Å². The molecule has 1 N–H and O–H groups in total. The van der Waals surface area contributed by atoms with Gasteiger partial charge in [-0.2, -0.15) is 0 Å². The number of carbonyl (C=O) groups is 1. The van der Waals surface area contributed by atoms with Crippen LogP contribution in [0.2, 0.25) is 0 Å². The van der Waals surface area contributed by atoms with Crippen molar-refractivity contribution in [2.45, 2.75) is 64.7 Å². The normalized spacial score (nSPS) is 22.8. The van der Waals surface area contributed by atoms with Gasteiger partial charge in [0.25, 0.3) is 0 Å². The Kier molecular flexibility index (Phi) is 4.71. The summed E-state index contributed by atoms with van der Waals surface area (Å²) in [6.07, 6.45) is 1.81. The van der Waals surface area contributed by atoms with Gasteiger partial charge in [-0.25, -0.2) is 4.79 Å². The van der Waals surface area contributed by atoms with Crippen LogP contribution in [0.1, 0.15) is 58.2 Å². The molecule has 5 nitrogen and oxygen atoms in total. The van der Waals surface area contributed by atoms with E-state index in [1.807, 2.05) is 20.8 Å². The van der Waals surface area contributed by atoms with Crippen molar-refractivity contribution in [2.75, 3.05) is 19.6 Å². The van der Waals surface area contributed by atoms with Gasteiger partial charge in [0.1, 0.15) is 17.0 Å². The van der Waals surface area contributed by atoms with Crippen molar-refractivity contribution in [3.05, 3.63) is 29.3 Å². The summed E-state index contributed by atoms with van der Waals surface area (Å²) in [5.74, 6) is 0.986. The zero-order valence-electron chi connectivity index (χ0n) is 16.0. The van der Waals surface area contributed by atoms with Crippen molar-refractivity contribution >= 4 is 6.09 Å². The van der Waals surface area contributed by atoms with E-state index in [9.17, 15) is 4.79 Å². The van der Waals surface area contributed by atoms with Crippen molar-refractivity contribution in [1.82, 2.24) is 10.2 Å². The first-order chi connectivity index (χ1) is 11.6. The molecule has 1 aromatic rings. The number of nitrogens with zero attached hydrogens (tertiary/aromatic N) is 1. The Morgan fingerprint density at radius 2 is 2.12 bits per heavy atom. The summed E-state index contributed by atoms with van der Waals surface area (Å²) in [6.45, 7) is 12.0. The molecule has 1 saturated heterocycles. The van der Waals surface area contributed by atoms with E-state index in [0.29, 0.717) is 13.1 Å². The predicted molar refractivity (Wildman–Crippen MR) is 98.0 cm³/mol. The van der Waals surface area contributed by atoms with E-state index < -0.39 is 5.60 Å². The highest BCUT2D eigenvalue weighted by Gasteiger charge is 2.30. The molecule has 0 aliphatic carbocycles. The highest BCUT2D eigenvalue weighted by Crippen LogP contribution is 2.34. The number of aryl methyl sites for hydroxylation is 1. The van der Waals surface area contributed by atoms with Gasteiger partial charge in [0, 0.05) is 19.6 Å². The van der Waals surface area contributed by atoms with E-state index in [1.54, 1.807) is 4.90 Å². The maximum Gasteiger partial charge on any atom is 0.410 e. The molecule has 2 aliphatic rings. The highest BCUT2D eigenvalue weighted by molar-refractivity contribution is 5.68. The van der Waals surface area contributed by atoms with Crippen LogP contribution in [0.15, 0.2) is 18.2 Å². The quantitative estimate of drug-likeness (QED) is 0.843. The molecule has 1 fully saturated rings.